The molecule has 0 radical (unpaired) electrons. The lowest BCUT2D eigenvalue weighted by Crippen LogP contribution is -2.46. The first-order valence-electron chi connectivity index (χ1n) is 9.44. The number of carbonyl (C=O) groups excluding carboxylic acids is 2. The second kappa shape index (κ2) is 7.10. The van der Waals surface area contributed by atoms with Gasteiger partial charge >= 0.3 is 0 Å². The molecule has 3 rings (SSSR count). The number of nitrogens with zero attached hydrogens (tertiary/aromatic N) is 1. The third-order valence-electron chi connectivity index (χ3n) is 5.81. The van der Waals surface area contributed by atoms with Crippen molar-refractivity contribution >= 4 is 23.2 Å². The van der Waals surface area contributed by atoms with Crippen LogP contribution in [0, 0.1) is 11.3 Å². The summed E-state index contributed by atoms with van der Waals surface area (Å²) in [5.74, 6) is 0.652. The number of nitrogens with one attached hydrogen (secondary N) is 1. The van der Waals surface area contributed by atoms with Gasteiger partial charge in [-0.05, 0) is 61.5 Å². The van der Waals surface area contributed by atoms with Crippen LogP contribution in [-0.2, 0) is 17.6 Å². The van der Waals surface area contributed by atoms with Gasteiger partial charge in [-0.1, -0.05) is 20.8 Å². The average Bonchev–Trinajstić information content (AvgIpc) is 2.87. The Morgan fingerprint density at radius 3 is 2.76 bits per heavy atom. The molecule has 2 aliphatic rings. The quantitative estimate of drug-likeness (QED) is 0.873. The molecule has 2 heterocycles. The summed E-state index contributed by atoms with van der Waals surface area (Å²) in [5.41, 5.74) is 1.65. The van der Waals surface area contributed by atoms with E-state index in [-0.39, 0.29) is 17.9 Å². The van der Waals surface area contributed by atoms with Crippen molar-refractivity contribution in [3.63, 3.8) is 0 Å². The number of likely N-dealkylation sites (N-methyl/N-ethyl adjacent to an activating group) is 1. The highest BCUT2D eigenvalue weighted by molar-refractivity contribution is 7.14. The van der Waals surface area contributed by atoms with Crippen LogP contribution < -0.4 is 5.32 Å². The smallest absolute Gasteiger partial charge is 0.264 e. The lowest BCUT2D eigenvalue weighted by Gasteiger charge is -2.33. The lowest BCUT2D eigenvalue weighted by atomic mass is 9.72. The van der Waals surface area contributed by atoms with E-state index in [0.717, 1.165) is 43.5 Å². The fourth-order valence-corrected chi connectivity index (χ4v) is 5.17. The van der Waals surface area contributed by atoms with Gasteiger partial charge in [0.15, 0.2) is 0 Å². The Morgan fingerprint density at radius 1 is 1.28 bits per heavy atom. The van der Waals surface area contributed by atoms with Crippen LogP contribution in [0.25, 0.3) is 0 Å². The van der Waals surface area contributed by atoms with E-state index in [0.29, 0.717) is 11.3 Å². The monoisotopic (exact) mass is 362 g/mol. The molecule has 1 saturated heterocycles. The molecular weight excluding hydrogens is 332 g/mol. The predicted molar refractivity (Wildman–Crippen MR) is 102 cm³/mol. The van der Waals surface area contributed by atoms with Gasteiger partial charge in [-0.25, -0.2) is 0 Å². The van der Waals surface area contributed by atoms with Crippen molar-refractivity contribution in [2.45, 2.75) is 65.3 Å². The number of hydrogen-bond acceptors (Lipinski definition) is 3. The first-order chi connectivity index (χ1) is 11.8. The molecule has 0 spiro atoms. The van der Waals surface area contributed by atoms with Gasteiger partial charge in [-0.2, -0.15) is 0 Å². The van der Waals surface area contributed by atoms with Crippen LogP contribution >= 0.6 is 11.3 Å². The third kappa shape index (κ3) is 3.91. The average molecular weight is 363 g/mol. The van der Waals surface area contributed by atoms with Gasteiger partial charge in [0.1, 0.15) is 6.04 Å². The Labute approximate surface area is 155 Å². The second-order valence-corrected chi connectivity index (χ2v) is 9.72. The number of thiophene rings is 1. The molecule has 1 fully saturated rings. The van der Waals surface area contributed by atoms with Gasteiger partial charge in [0.05, 0.1) is 4.88 Å². The Balaban J connectivity index is 1.75. The highest BCUT2D eigenvalue weighted by Crippen LogP contribution is 2.40. The van der Waals surface area contributed by atoms with Crippen LogP contribution in [0.2, 0.25) is 0 Å². The van der Waals surface area contributed by atoms with Gasteiger partial charge in [0, 0.05) is 18.5 Å². The van der Waals surface area contributed by atoms with E-state index in [1.807, 2.05) is 0 Å². The molecule has 5 heteroatoms. The minimum atomic E-state index is -0.337. The Kier molecular flexibility index (Phi) is 5.24. The van der Waals surface area contributed by atoms with Crippen molar-refractivity contribution in [3.05, 3.63) is 21.4 Å². The summed E-state index contributed by atoms with van der Waals surface area (Å²) in [6.45, 7) is 7.64. The summed E-state index contributed by atoms with van der Waals surface area (Å²) in [6.07, 6.45) is 6.07. The van der Waals surface area contributed by atoms with Crippen LogP contribution in [0.3, 0.4) is 0 Å². The molecule has 138 valence electrons. The van der Waals surface area contributed by atoms with E-state index in [1.54, 1.807) is 23.3 Å². The molecule has 0 bridgehead atoms. The van der Waals surface area contributed by atoms with E-state index < -0.39 is 0 Å². The first kappa shape index (κ1) is 18.4. The van der Waals surface area contributed by atoms with Crippen LogP contribution in [0.5, 0.6) is 0 Å². The summed E-state index contributed by atoms with van der Waals surface area (Å²) in [4.78, 5) is 29.0. The van der Waals surface area contributed by atoms with E-state index in [1.165, 1.54) is 16.9 Å². The number of rotatable bonds is 2. The standard InChI is InChI=1S/C20H30N2O2S/c1-20(2,3)14-8-9-16-13(11-14)12-17(25-16)19(24)22(4)15-7-5-6-10-21-18(15)23/h12,14-15H,5-11H2,1-4H3,(H,21,23). The molecule has 1 N–H and O–H groups in total. The van der Waals surface area contributed by atoms with Crippen molar-refractivity contribution < 1.29 is 9.59 Å². The molecule has 4 nitrogen and oxygen atoms in total. The Hall–Kier alpha value is -1.36. The number of hydrogen-bond donors (Lipinski definition) is 1. The number of aryl methyl sites for hydroxylation is 1. The third-order valence-corrected chi connectivity index (χ3v) is 7.04. The summed E-state index contributed by atoms with van der Waals surface area (Å²) >= 11 is 1.63. The van der Waals surface area contributed by atoms with Crippen LogP contribution in [0.4, 0.5) is 0 Å². The lowest BCUT2D eigenvalue weighted by molar-refractivity contribution is -0.124. The fraction of sp³-hybridized carbons (Fsp3) is 0.700. The summed E-state index contributed by atoms with van der Waals surface area (Å²) in [7, 11) is 1.77. The van der Waals surface area contributed by atoms with Gasteiger partial charge in [0.2, 0.25) is 5.91 Å². The van der Waals surface area contributed by atoms with E-state index in [9.17, 15) is 9.59 Å². The van der Waals surface area contributed by atoms with E-state index >= 15 is 0 Å². The number of carbonyl (C=O) groups is 2. The highest BCUT2D eigenvalue weighted by atomic mass is 32.1. The number of fused-ring (bicyclic) bond motifs is 1. The van der Waals surface area contributed by atoms with Crippen LogP contribution in [0.15, 0.2) is 6.07 Å². The maximum absolute atomic E-state index is 13.0. The molecule has 1 aliphatic heterocycles. The minimum absolute atomic E-state index is 0.00578. The summed E-state index contributed by atoms with van der Waals surface area (Å²) < 4.78 is 0. The van der Waals surface area contributed by atoms with Crippen molar-refractivity contribution in [3.8, 4) is 0 Å². The van der Waals surface area contributed by atoms with Crippen LogP contribution in [0.1, 0.15) is 66.6 Å². The normalized spacial score (nSPS) is 24.2. The van der Waals surface area contributed by atoms with Gasteiger partial charge in [-0.15, -0.1) is 11.3 Å². The zero-order valence-corrected chi connectivity index (χ0v) is 16.7. The molecule has 1 aliphatic carbocycles. The summed E-state index contributed by atoms with van der Waals surface area (Å²) in [6, 6.07) is 1.75. The largest absolute Gasteiger partial charge is 0.354 e. The molecule has 1 aromatic rings. The molecule has 25 heavy (non-hydrogen) atoms. The molecule has 1 aromatic heterocycles. The molecule has 2 atom stereocenters. The van der Waals surface area contributed by atoms with Crippen molar-refractivity contribution in [2.75, 3.05) is 13.6 Å². The fourth-order valence-electron chi connectivity index (χ4n) is 3.98. The maximum atomic E-state index is 13.0. The van der Waals surface area contributed by atoms with E-state index in [2.05, 4.69) is 32.2 Å². The molecule has 0 saturated carbocycles. The molecular formula is C20H30N2O2S. The molecule has 2 amide bonds. The van der Waals surface area contributed by atoms with Crippen molar-refractivity contribution in [1.29, 1.82) is 0 Å². The topological polar surface area (TPSA) is 49.4 Å². The second-order valence-electron chi connectivity index (χ2n) is 8.58. The van der Waals surface area contributed by atoms with E-state index in [4.69, 9.17) is 0 Å². The van der Waals surface area contributed by atoms with Gasteiger partial charge in [0.25, 0.3) is 5.91 Å². The zero-order valence-electron chi connectivity index (χ0n) is 15.9. The summed E-state index contributed by atoms with van der Waals surface area (Å²) in [5, 5.41) is 2.92. The maximum Gasteiger partial charge on any atom is 0.264 e. The van der Waals surface area contributed by atoms with Crippen LogP contribution in [-0.4, -0.2) is 36.3 Å². The zero-order chi connectivity index (χ0) is 18.2. The van der Waals surface area contributed by atoms with Gasteiger partial charge in [-0.3, -0.25) is 9.59 Å². The first-order valence-corrected chi connectivity index (χ1v) is 10.3. The molecule has 0 aromatic carbocycles. The highest BCUT2D eigenvalue weighted by Gasteiger charge is 2.33. The minimum Gasteiger partial charge on any atom is -0.354 e. The van der Waals surface area contributed by atoms with Gasteiger partial charge < -0.3 is 10.2 Å². The SMILES string of the molecule is CN(C(=O)c1cc2c(s1)CCC(C(C)(C)C)C2)C1CCCCNC1=O. The Morgan fingerprint density at radius 2 is 2.04 bits per heavy atom. The number of amides is 2. The Bertz CT molecular complexity index is 659. The van der Waals surface area contributed by atoms with Crippen molar-refractivity contribution in [1.82, 2.24) is 10.2 Å². The predicted octanol–water partition coefficient (Wildman–Crippen LogP) is 3.64. The van der Waals surface area contributed by atoms with Crippen molar-refractivity contribution in [2.24, 2.45) is 11.3 Å². The molecule has 2 unspecified atom stereocenters.